The van der Waals surface area contributed by atoms with Gasteiger partial charge in [-0.15, -0.1) is 0 Å². The maximum Gasteiger partial charge on any atom is 0.167 e. The zero-order valence-corrected chi connectivity index (χ0v) is 13.1. The van der Waals surface area contributed by atoms with Crippen LogP contribution < -0.4 is 5.32 Å². The van der Waals surface area contributed by atoms with Crippen LogP contribution in [0, 0.1) is 0 Å². The largest absolute Gasteiger partial charge is 0.367 e. The highest BCUT2D eigenvalue weighted by molar-refractivity contribution is 4.52. The summed E-state index contributed by atoms with van der Waals surface area (Å²) >= 11 is 0. The summed E-state index contributed by atoms with van der Waals surface area (Å²) in [4.78, 5) is 0. The lowest BCUT2D eigenvalue weighted by molar-refractivity contribution is -0.0912. The molecule has 0 spiro atoms. The molecule has 0 aromatic carbocycles. The van der Waals surface area contributed by atoms with Crippen LogP contribution in [0.15, 0.2) is 0 Å². The van der Waals surface area contributed by atoms with Crippen molar-refractivity contribution in [2.45, 2.75) is 84.3 Å². The molecule has 1 unspecified atom stereocenters. The lowest BCUT2D eigenvalue weighted by Gasteiger charge is -2.11. The second kappa shape index (κ2) is 15.9. The van der Waals surface area contributed by atoms with Crippen LogP contribution in [0.5, 0.6) is 0 Å². The van der Waals surface area contributed by atoms with Gasteiger partial charge >= 0.3 is 0 Å². The zero-order valence-electron chi connectivity index (χ0n) is 13.1. The number of nitrogens with one attached hydrogen (secondary N) is 1. The Bertz CT molecular complexity index is 165. The van der Waals surface area contributed by atoms with Crippen molar-refractivity contribution in [3.05, 3.63) is 0 Å². The molecule has 0 fully saturated rings. The van der Waals surface area contributed by atoms with Crippen LogP contribution in [0.4, 0.5) is 0 Å². The number of hydrogen-bond acceptors (Lipinski definition) is 3. The van der Waals surface area contributed by atoms with E-state index in [9.17, 15) is 5.11 Å². The molecule has 0 aliphatic carbocycles. The average molecular weight is 273 g/mol. The Labute approximate surface area is 120 Å². The van der Waals surface area contributed by atoms with Gasteiger partial charge in [0.25, 0.3) is 0 Å². The Hall–Kier alpha value is -0.120. The molecule has 0 saturated heterocycles. The standard InChI is InChI=1S/C16H35NO2/c1-3-5-6-7-8-9-10-11-12-13-14-17-15-16(18)19-4-2/h16-18H,3-15H2,1-2H3. The normalized spacial score (nSPS) is 12.8. The van der Waals surface area contributed by atoms with Gasteiger partial charge in [0.1, 0.15) is 0 Å². The first kappa shape index (κ1) is 18.9. The highest BCUT2D eigenvalue weighted by atomic mass is 16.6. The van der Waals surface area contributed by atoms with E-state index >= 15 is 0 Å². The highest BCUT2D eigenvalue weighted by Crippen LogP contribution is 2.10. The van der Waals surface area contributed by atoms with Crippen LogP contribution in [0.3, 0.4) is 0 Å². The monoisotopic (exact) mass is 273 g/mol. The van der Waals surface area contributed by atoms with E-state index in [1.807, 2.05) is 6.92 Å². The number of aliphatic hydroxyl groups is 1. The SMILES string of the molecule is CCCCCCCCCCCCNCC(O)OCC. The van der Waals surface area contributed by atoms with Gasteiger partial charge in [0.15, 0.2) is 6.29 Å². The summed E-state index contributed by atoms with van der Waals surface area (Å²) in [6, 6.07) is 0. The van der Waals surface area contributed by atoms with Crippen molar-refractivity contribution in [3.63, 3.8) is 0 Å². The minimum atomic E-state index is -0.645. The first-order valence-corrected chi connectivity index (χ1v) is 8.31. The molecular weight excluding hydrogens is 238 g/mol. The predicted molar refractivity (Wildman–Crippen MR) is 82.3 cm³/mol. The van der Waals surface area contributed by atoms with E-state index in [1.165, 1.54) is 64.2 Å². The van der Waals surface area contributed by atoms with Crippen LogP contribution in [-0.4, -0.2) is 31.1 Å². The Balaban J connectivity index is 2.99. The van der Waals surface area contributed by atoms with Gasteiger partial charge in [-0.25, -0.2) is 0 Å². The second-order valence-electron chi connectivity index (χ2n) is 5.30. The van der Waals surface area contributed by atoms with Crippen LogP contribution in [0.2, 0.25) is 0 Å². The molecule has 3 nitrogen and oxygen atoms in total. The number of hydrogen-bond donors (Lipinski definition) is 2. The molecule has 19 heavy (non-hydrogen) atoms. The molecule has 0 bridgehead atoms. The third-order valence-corrected chi connectivity index (χ3v) is 3.39. The Morgan fingerprint density at radius 3 is 1.89 bits per heavy atom. The summed E-state index contributed by atoms with van der Waals surface area (Å²) in [6.45, 7) is 6.26. The minimum absolute atomic E-state index is 0.547. The summed E-state index contributed by atoms with van der Waals surface area (Å²) < 4.78 is 5.03. The smallest absolute Gasteiger partial charge is 0.167 e. The summed E-state index contributed by atoms with van der Waals surface area (Å²) in [5.41, 5.74) is 0. The molecule has 2 N–H and O–H groups in total. The Kier molecular flexibility index (Phi) is 15.8. The number of unbranched alkanes of at least 4 members (excludes halogenated alkanes) is 9. The fourth-order valence-corrected chi connectivity index (χ4v) is 2.21. The van der Waals surface area contributed by atoms with Crippen molar-refractivity contribution >= 4 is 0 Å². The van der Waals surface area contributed by atoms with E-state index in [1.54, 1.807) is 0 Å². The van der Waals surface area contributed by atoms with Gasteiger partial charge in [-0.05, 0) is 19.9 Å². The maximum absolute atomic E-state index is 9.33. The lowest BCUT2D eigenvalue weighted by Crippen LogP contribution is -2.29. The van der Waals surface area contributed by atoms with E-state index in [0.717, 1.165) is 6.54 Å². The summed E-state index contributed by atoms with van der Waals surface area (Å²) in [5.74, 6) is 0. The van der Waals surface area contributed by atoms with Crippen LogP contribution in [-0.2, 0) is 4.74 Å². The highest BCUT2D eigenvalue weighted by Gasteiger charge is 2.00. The van der Waals surface area contributed by atoms with E-state index < -0.39 is 6.29 Å². The molecule has 0 rings (SSSR count). The topological polar surface area (TPSA) is 41.5 Å². The molecule has 0 aliphatic rings. The fraction of sp³-hybridized carbons (Fsp3) is 1.00. The molecule has 1 atom stereocenters. The zero-order chi connectivity index (χ0) is 14.2. The van der Waals surface area contributed by atoms with Crippen molar-refractivity contribution < 1.29 is 9.84 Å². The molecule has 0 saturated carbocycles. The Morgan fingerprint density at radius 1 is 0.842 bits per heavy atom. The summed E-state index contributed by atoms with van der Waals surface area (Å²) in [5, 5.41) is 12.5. The third kappa shape index (κ3) is 15.8. The third-order valence-electron chi connectivity index (χ3n) is 3.39. The summed E-state index contributed by atoms with van der Waals surface area (Å²) in [6.07, 6.45) is 13.0. The van der Waals surface area contributed by atoms with Gasteiger partial charge in [-0.2, -0.15) is 0 Å². The minimum Gasteiger partial charge on any atom is -0.367 e. The van der Waals surface area contributed by atoms with Gasteiger partial charge < -0.3 is 15.2 Å². The molecule has 0 amide bonds. The van der Waals surface area contributed by atoms with Crippen molar-refractivity contribution in [1.29, 1.82) is 0 Å². The van der Waals surface area contributed by atoms with E-state index in [-0.39, 0.29) is 0 Å². The van der Waals surface area contributed by atoms with E-state index in [0.29, 0.717) is 13.2 Å². The molecule has 0 heterocycles. The molecule has 0 aromatic heterocycles. The van der Waals surface area contributed by atoms with Crippen LogP contribution in [0.25, 0.3) is 0 Å². The van der Waals surface area contributed by atoms with Crippen LogP contribution in [0.1, 0.15) is 78.1 Å². The lowest BCUT2D eigenvalue weighted by atomic mass is 10.1. The Morgan fingerprint density at radius 2 is 1.37 bits per heavy atom. The van der Waals surface area contributed by atoms with Gasteiger partial charge in [-0.3, -0.25) is 0 Å². The average Bonchev–Trinajstić information content (AvgIpc) is 2.40. The van der Waals surface area contributed by atoms with Crippen molar-refractivity contribution in [2.24, 2.45) is 0 Å². The first-order valence-electron chi connectivity index (χ1n) is 8.31. The molecule has 0 radical (unpaired) electrons. The van der Waals surface area contributed by atoms with Crippen molar-refractivity contribution in [1.82, 2.24) is 5.32 Å². The molecule has 116 valence electrons. The molecule has 3 heteroatoms. The molecular formula is C16H35NO2. The maximum atomic E-state index is 9.33. The predicted octanol–water partition coefficient (Wildman–Crippen LogP) is 3.85. The molecule has 0 aromatic rings. The fourth-order valence-electron chi connectivity index (χ4n) is 2.21. The van der Waals surface area contributed by atoms with Gasteiger partial charge in [-0.1, -0.05) is 64.7 Å². The molecule has 0 aliphatic heterocycles. The number of aliphatic hydroxyl groups excluding tert-OH is 1. The quantitative estimate of drug-likeness (QED) is 0.352. The van der Waals surface area contributed by atoms with Crippen LogP contribution >= 0.6 is 0 Å². The van der Waals surface area contributed by atoms with Gasteiger partial charge in [0.05, 0.1) is 0 Å². The number of ether oxygens (including phenoxy) is 1. The van der Waals surface area contributed by atoms with Gasteiger partial charge in [0, 0.05) is 13.2 Å². The number of rotatable bonds is 15. The second-order valence-corrected chi connectivity index (χ2v) is 5.30. The summed E-state index contributed by atoms with van der Waals surface area (Å²) in [7, 11) is 0. The van der Waals surface area contributed by atoms with Gasteiger partial charge in [0.2, 0.25) is 0 Å². The van der Waals surface area contributed by atoms with E-state index in [2.05, 4.69) is 12.2 Å². The van der Waals surface area contributed by atoms with Crippen molar-refractivity contribution in [3.8, 4) is 0 Å². The first-order chi connectivity index (χ1) is 9.31. The van der Waals surface area contributed by atoms with Crippen molar-refractivity contribution in [2.75, 3.05) is 19.7 Å². The van der Waals surface area contributed by atoms with E-state index in [4.69, 9.17) is 4.74 Å².